The molecule has 19 heavy (non-hydrogen) atoms. The Morgan fingerprint density at radius 2 is 1.95 bits per heavy atom. The SMILES string of the molecule is Nc1cc(Br)c2cn(Cc3ccc(F)cc3)nc2c1. The Morgan fingerprint density at radius 1 is 1.21 bits per heavy atom. The third kappa shape index (κ3) is 2.46. The first kappa shape index (κ1) is 12.2. The number of nitrogen functional groups attached to an aromatic ring is 1. The van der Waals surface area contributed by atoms with Gasteiger partial charge in [-0.05, 0) is 45.8 Å². The summed E-state index contributed by atoms with van der Waals surface area (Å²) in [6.45, 7) is 0.599. The van der Waals surface area contributed by atoms with Crippen LogP contribution in [0.1, 0.15) is 5.56 Å². The smallest absolute Gasteiger partial charge is 0.123 e. The summed E-state index contributed by atoms with van der Waals surface area (Å²) in [5.74, 6) is -0.232. The van der Waals surface area contributed by atoms with Crippen LogP contribution in [-0.4, -0.2) is 9.78 Å². The first-order chi connectivity index (χ1) is 9.11. The van der Waals surface area contributed by atoms with Gasteiger partial charge in [-0.15, -0.1) is 0 Å². The molecule has 0 atom stereocenters. The van der Waals surface area contributed by atoms with E-state index in [0.717, 1.165) is 20.9 Å². The van der Waals surface area contributed by atoms with E-state index in [1.54, 1.807) is 12.1 Å². The van der Waals surface area contributed by atoms with Crippen LogP contribution in [-0.2, 0) is 6.54 Å². The van der Waals surface area contributed by atoms with Crippen molar-refractivity contribution in [2.24, 2.45) is 0 Å². The Balaban J connectivity index is 1.97. The Hall–Kier alpha value is -1.88. The fourth-order valence-electron chi connectivity index (χ4n) is 2.01. The molecule has 2 N–H and O–H groups in total. The molecule has 0 saturated heterocycles. The van der Waals surface area contributed by atoms with Crippen LogP contribution >= 0.6 is 15.9 Å². The Bertz CT molecular complexity index is 734. The number of hydrogen-bond acceptors (Lipinski definition) is 2. The number of fused-ring (bicyclic) bond motifs is 1. The van der Waals surface area contributed by atoms with E-state index in [1.165, 1.54) is 12.1 Å². The van der Waals surface area contributed by atoms with E-state index in [1.807, 2.05) is 23.0 Å². The summed E-state index contributed by atoms with van der Waals surface area (Å²) in [7, 11) is 0. The van der Waals surface area contributed by atoms with Gasteiger partial charge in [-0.1, -0.05) is 12.1 Å². The maximum Gasteiger partial charge on any atom is 0.123 e. The van der Waals surface area contributed by atoms with Gasteiger partial charge in [-0.2, -0.15) is 5.10 Å². The molecule has 5 heteroatoms. The van der Waals surface area contributed by atoms with Crippen molar-refractivity contribution in [1.82, 2.24) is 9.78 Å². The maximum absolute atomic E-state index is 12.8. The molecule has 0 fully saturated rings. The second-order valence-electron chi connectivity index (χ2n) is 4.39. The summed E-state index contributed by atoms with van der Waals surface area (Å²) in [6.07, 6.45) is 1.95. The van der Waals surface area contributed by atoms with E-state index < -0.39 is 0 Å². The number of nitrogens with zero attached hydrogens (tertiary/aromatic N) is 2. The second kappa shape index (κ2) is 4.66. The van der Waals surface area contributed by atoms with Crippen molar-refractivity contribution < 1.29 is 4.39 Å². The minimum atomic E-state index is -0.232. The lowest BCUT2D eigenvalue weighted by Crippen LogP contribution is -1.99. The molecule has 0 aliphatic carbocycles. The molecule has 3 rings (SSSR count). The summed E-state index contributed by atoms with van der Waals surface area (Å²) in [6, 6.07) is 10.1. The second-order valence-corrected chi connectivity index (χ2v) is 5.24. The molecule has 3 aromatic rings. The van der Waals surface area contributed by atoms with Crippen molar-refractivity contribution in [3.05, 3.63) is 58.4 Å². The predicted molar refractivity (Wildman–Crippen MR) is 77.3 cm³/mol. The van der Waals surface area contributed by atoms with Gasteiger partial charge in [0.25, 0.3) is 0 Å². The van der Waals surface area contributed by atoms with Gasteiger partial charge in [0.1, 0.15) is 5.82 Å². The van der Waals surface area contributed by atoms with Crippen molar-refractivity contribution in [1.29, 1.82) is 0 Å². The number of hydrogen-bond donors (Lipinski definition) is 1. The van der Waals surface area contributed by atoms with E-state index in [4.69, 9.17) is 5.73 Å². The highest BCUT2D eigenvalue weighted by atomic mass is 79.9. The first-order valence-electron chi connectivity index (χ1n) is 5.78. The number of rotatable bonds is 2. The van der Waals surface area contributed by atoms with E-state index in [-0.39, 0.29) is 5.82 Å². The van der Waals surface area contributed by atoms with E-state index in [0.29, 0.717) is 12.2 Å². The van der Waals surface area contributed by atoms with Crippen LogP contribution in [0.15, 0.2) is 47.1 Å². The predicted octanol–water partition coefficient (Wildman–Crippen LogP) is 3.57. The largest absolute Gasteiger partial charge is 0.399 e. The van der Waals surface area contributed by atoms with Crippen LogP contribution in [0.3, 0.4) is 0 Å². The molecule has 1 aromatic heterocycles. The molecule has 0 spiro atoms. The van der Waals surface area contributed by atoms with Crippen LogP contribution in [0.4, 0.5) is 10.1 Å². The summed E-state index contributed by atoms with van der Waals surface area (Å²) >= 11 is 3.47. The van der Waals surface area contributed by atoms with E-state index >= 15 is 0 Å². The lowest BCUT2D eigenvalue weighted by atomic mass is 10.2. The highest BCUT2D eigenvalue weighted by molar-refractivity contribution is 9.10. The molecule has 96 valence electrons. The fraction of sp³-hybridized carbons (Fsp3) is 0.0714. The van der Waals surface area contributed by atoms with Gasteiger partial charge >= 0.3 is 0 Å². The van der Waals surface area contributed by atoms with Crippen molar-refractivity contribution in [2.45, 2.75) is 6.54 Å². The zero-order chi connectivity index (χ0) is 13.4. The topological polar surface area (TPSA) is 43.8 Å². The van der Waals surface area contributed by atoms with Crippen LogP contribution < -0.4 is 5.73 Å². The summed E-state index contributed by atoms with van der Waals surface area (Å²) in [5, 5.41) is 5.48. The van der Waals surface area contributed by atoms with Crippen molar-refractivity contribution in [3.63, 3.8) is 0 Å². The molecule has 1 heterocycles. The summed E-state index contributed by atoms with van der Waals surface area (Å²) in [4.78, 5) is 0. The third-order valence-electron chi connectivity index (χ3n) is 2.90. The minimum absolute atomic E-state index is 0.232. The lowest BCUT2D eigenvalue weighted by Gasteiger charge is -2.00. The number of halogens is 2. The highest BCUT2D eigenvalue weighted by Gasteiger charge is 2.06. The van der Waals surface area contributed by atoms with Crippen molar-refractivity contribution >= 4 is 32.5 Å². The van der Waals surface area contributed by atoms with Crippen LogP contribution in [0.2, 0.25) is 0 Å². The molecule has 0 radical (unpaired) electrons. The molecule has 0 saturated carbocycles. The van der Waals surface area contributed by atoms with Gasteiger partial charge in [0, 0.05) is 21.7 Å². The molecule has 0 aliphatic rings. The van der Waals surface area contributed by atoms with Crippen LogP contribution in [0.25, 0.3) is 10.9 Å². The maximum atomic E-state index is 12.8. The lowest BCUT2D eigenvalue weighted by molar-refractivity contribution is 0.624. The molecule has 2 aromatic carbocycles. The zero-order valence-electron chi connectivity index (χ0n) is 9.98. The first-order valence-corrected chi connectivity index (χ1v) is 6.58. The summed E-state index contributed by atoms with van der Waals surface area (Å²) in [5.41, 5.74) is 8.29. The van der Waals surface area contributed by atoms with Gasteiger partial charge in [-0.25, -0.2) is 4.39 Å². The summed E-state index contributed by atoms with van der Waals surface area (Å²) < 4.78 is 15.6. The molecule has 0 amide bonds. The van der Waals surface area contributed by atoms with E-state index in [2.05, 4.69) is 21.0 Å². The number of benzene rings is 2. The molecule has 0 bridgehead atoms. The van der Waals surface area contributed by atoms with Crippen molar-refractivity contribution in [3.8, 4) is 0 Å². The zero-order valence-corrected chi connectivity index (χ0v) is 11.6. The van der Waals surface area contributed by atoms with Gasteiger partial charge < -0.3 is 5.73 Å². The highest BCUT2D eigenvalue weighted by Crippen LogP contribution is 2.26. The monoisotopic (exact) mass is 319 g/mol. The quantitative estimate of drug-likeness (QED) is 0.734. The number of anilines is 1. The average Bonchev–Trinajstić information content (AvgIpc) is 2.75. The molecule has 0 unspecified atom stereocenters. The normalized spacial score (nSPS) is 11.1. The van der Waals surface area contributed by atoms with Gasteiger partial charge in [-0.3, -0.25) is 4.68 Å². The van der Waals surface area contributed by atoms with Gasteiger partial charge in [0.15, 0.2) is 0 Å². The molecule has 3 nitrogen and oxygen atoms in total. The minimum Gasteiger partial charge on any atom is -0.399 e. The molecule has 0 aliphatic heterocycles. The molecular weight excluding hydrogens is 309 g/mol. The van der Waals surface area contributed by atoms with Crippen molar-refractivity contribution in [2.75, 3.05) is 5.73 Å². The molecular formula is C14H11BrFN3. The fourth-order valence-corrected chi connectivity index (χ4v) is 2.58. The van der Waals surface area contributed by atoms with Gasteiger partial charge in [0.2, 0.25) is 0 Å². The standard InChI is InChI=1S/C14H11BrFN3/c15-13-5-11(17)6-14-12(13)8-19(18-14)7-9-1-3-10(16)4-2-9/h1-6,8H,7,17H2. The third-order valence-corrected chi connectivity index (χ3v) is 3.56. The van der Waals surface area contributed by atoms with Crippen LogP contribution in [0.5, 0.6) is 0 Å². The van der Waals surface area contributed by atoms with Crippen LogP contribution in [0, 0.1) is 5.82 Å². The average molecular weight is 320 g/mol. The number of aromatic nitrogens is 2. The van der Waals surface area contributed by atoms with E-state index in [9.17, 15) is 4.39 Å². The Labute approximate surface area is 118 Å². The Morgan fingerprint density at radius 3 is 2.68 bits per heavy atom. The Kier molecular flexibility index (Phi) is 2.98. The number of nitrogens with two attached hydrogens (primary N) is 1. The van der Waals surface area contributed by atoms with Gasteiger partial charge in [0.05, 0.1) is 12.1 Å².